The molecule has 7 heteroatoms. The highest BCUT2D eigenvalue weighted by Gasteiger charge is 2.24. The van der Waals surface area contributed by atoms with E-state index in [2.05, 4.69) is 4.74 Å². The van der Waals surface area contributed by atoms with Crippen LogP contribution < -0.4 is 0 Å². The van der Waals surface area contributed by atoms with Crippen LogP contribution >= 0.6 is 11.3 Å². The monoisotopic (exact) mass is 340 g/mol. The highest BCUT2D eigenvalue weighted by atomic mass is 32.1. The van der Waals surface area contributed by atoms with Crippen LogP contribution in [-0.4, -0.2) is 13.1 Å². The summed E-state index contributed by atoms with van der Waals surface area (Å²) in [5.41, 5.74) is -0.240. The molecule has 0 spiro atoms. The molecule has 0 aliphatic rings. The Kier molecular flexibility index (Phi) is 3.81. The van der Waals surface area contributed by atoms with Gasteiger partial charge in [0.2, 0.25) is 0 Å². The van der Waals surface area contributed by atoms with Crippen molar-refractivity contribution >= 4 is 27.4 Å². The van der Waals surface area contributed by atoms with Crippen LogP contribution in [0.1, 0.15) is 9.67 Å². The molecular formula is C16H8F4O2S. The minimum Gasteiger partial charge on any atom is -0.465 e. The third-order valence-electron chi connectivity index (χ3n) is 3.30. The molecule has 0 saturated heterocycles. The first-order valence-corrected chi connectivity index (χ1v) is 7.19. The van der Waals surface area contributed by atoms with E-state index in [0.29, 0.717) is 22.2 Å². The highest BCUT2D eigenvalue weighted by Crippen LogP contribution is 2.41. The lowest BCUT2D eigenvalue weighted by molar-refractivity contribution is 0.0607. The molecule has 0 amide bonds. The summed E-state index contributed by atoms with van der Waals surface area (Å²) in [6.45, 7) is 0. The second kappa shape index (κ2) is 5.66. The lowest BCUT2D eigenvalue weighted by Crippen LogP contribution is -2.01. The van der Waals surface area contributed by atoms with Crippen molar-refractivity contribution in [2.75, 3.05) is 7.11 Å². The predicted molar refractivity (Wildman–Crippen MR) is 78.4 cm³/mol. The molecular weight excluding hydrogens is 332 g/mol. The van der Waals surface area contributed by atoms with Crippen molar-refractivity contribution in [2.24, 2.45) is 0 Å². The number of esters is 1. The van der Waals surface area contributed by atoms with Gasteiger partial charge in [-0.3, -0.25) is 0 Å². The molecule has 0 aliphatic carbocycles. The molecule has 0 N–H and O–H groups in total. The van der Waals surface area contributed by atoms with E-state index in [1.807, 2.05) is 0 Å². The van der Waals surface area contributed by atoms with E-state index in [9.17, 15) is 22.4 Å². The number of carbonyl (C=O) groups is 1. The Morgan fingerprint density at radius 3 is 2.39 bits per heavy atom. The minimum absolute atomic E-state index is 0.0157. The molecule has 2 nitrogen and oxygen atoms in total. The molecule has 0 saturated carbocycles. The van der Waals surface area contributed by atoms with Gasteiger partial charge in [-0.25, -0.2) is 22.4 Å². The van der Waals surface area contributed by atoms with Gasteiger partial charge in [0.15, 0.2) is 11.6 Å². The van der Waals surface area contributed by atoms with Crippen LogP contribution in [0.5, 0.6) is 0 Å². The molecule has 0 unspecified atom stereocenters. The Morgan fingerprint density at radius 2 is 1.70 bits per heavy atom. The zero-order chi connectivity index (χ0) is 16.7. The Hall–Kier alpha value is -2.41. The number of hydrogen-bond donors (Lipinski definition) is 0. The van der Waals surface area contributed by atoms with E-state index < -0.39 is 29.2 Å². The summed E-state index contributed by atoms with van der Waals surface area (Å²) in [6.07, 6.45) is 0. The maximum atomic E-state index is 14.1. The predicted octanol–water partition coefficient (Wildman–Crippen LogP) is 4.91. The molecule has 3 aromatic rings. The number of fused-ring (bicyclic) bond motifs is 1. The summed E-state index contributed by atoms with van der Waals surface area (Å²) in [7, 11) is 1.14. The maximum absolute atomic E-state index is 14.1. The van der Waals surface area contributed by atoms with Gasteiger partial charge in [0, 0.05) is 27.3 Å². The van der Waals surface area contributed by atoms with Crippen LogP contribution in [0, 0.1) is 23.3 Å². The number of carbonyl (C=O) groups excluding carboxylic acids is 1. The number of thiophene rings is 1. The largest absolute Gasteiger partial charge is 0.465 e. The van der Waals surface area contributed by atoms with Gasteiger partial charge >= 0.3 is 5.97 Å². The second-order valence-electron chi connectivity index (χ2n) is 4.68. The normalized spacial score (nSPS) is 11.0. The van der Waals surface area contributed by atoms with Crippen LogP contribution in [0.4, 0.5) is 17.6 Å². The van der Waals surface area contributed by atoms with Gasteiger partial charge in [0.25, 0.3) is 0 Å². The first-order valence-electron chi connectivity index (χ1n) is 6.37. The fourth-order valence-corrected chi connectivity index (χ4v) is 3.45. The minimum atomic E-state index is -1.34. The molecule has 23 heavy (non-hydrogen) atoms. The SMILES string of the molecule is COC(=O)c1sc2cc(F)ccc2c1-c1cc(F)c(F)cc1F. The lowest BCUT2D eigenvalue weighted by Gasteiger charge is -2.06. The van der Waals surface area contributed by atoms with Gasteiger partial charge in [0.1, 0.15) is 16.5 Å². The van der Waals surface area contributed by atoms with Crippen LogP contribution in [-0.2, 0) is 4.74 Å². The summed E-state index contributed by atoms with van der Waals surface area (Å²) < 4.78 is 59.1. The molecule has 3 rings (SSSR count). The van der Waals surface area contributed by atoms with Crippen molar-refractivity contribution in [3.63, 3.8) is 0 Å². The molecule has 2 aromatic carbocycles. The number of benzene rings is 2. The van der Waals surface area contributed by atoms with Gasteiger partial charge < -0.3 is 4.74 Å². The van der Waals surface area contributed by atoms with Crippen LogP contribution in [0.15, 0.2) is 30.3 Å². The fourth-order valence-electron chi connectivity index (χ4n) is 2.29. The number of methoxy groups -OCH3 is 1. The molecule has 0 atom stereocenters. The van der Waals surface area contributed by atoms with E-state index in [0.717, 1.165) is 24.5 Å². The topological polar surface area (TPSA) is 26.3 Å². The molecule has 1 aromatic heterocycles. The Balaban J connectivity index is 2.39. The van der Waals surface area contributed by atoms with E-state index >= 15 is 0 Å². The fraction of sp³-hybridized carbons (Fsp3) is 0.0625. The highest BCUT2D eigenvalue weighted by molar-refractivity contribution is 7.21. The molecule has 0 aliphatic heterocycles. The van der Waals surface area contributed by atoms with Crippen molar-refractivity contribution in [3.05, 3.63) is 58.5 Å². The van der Waals surface area contributed by atoms with Crippen molar-refractivity contribution in [1.29, 1.82) is 0 Å². The van der Waals surface area contributed by atoms with Crippen molar-refractivity contribution < 1.29 is 27.1 Å². The number of rotatable bonds is 2. The second-order valence-corrected chi connectivity index (χ2v) is 5.74. The molecule has 1 heterocycles. The molecule has 118 valence electrons. The van der Waals surface area contributed by atoms with Gasteiger partial charge in [0.05, 0.1) is 7.11 Å². The van der Waals surface area contributed by atoms with E-state index in [4.69, 9.17) is 0 Å². The molecule has 0 bridgehead atoms. The Morgan fingerprint density at radius 1 is 1.00 bits per heavy atom. The van der Waals surface area contributed by atoms with Gasteiger partial charge in [-0.05, 0) is 24.3 Å². The summed E-state index contributed by atoms with van der Waals surface area (Å²) >= 11 is 0.887. The zero-order valence-corrected chi connectivity index (χ0v) is 12.4. The summed E-state index contributed by atoms with van der Waals surface area (Å²) in [4.78, 5) is 11.9. The lowest BCUT2D eigenvalue weighted by atomic mass is 10.0. The van der Waals surface area contributed by atoms with E-state index in [-0.39, 0.29) is 16.0 Å². The Bertz CT molecular complexity index is 933. The summed E-state index contributed by atoms with van der Waals surface area (Å²) in [5, 5.41) is 0.349. The van der Waals surface area contributed by atoms with E-state index in [1.165, 1.54) is 12.1 Å². The first kappa shape index (κ1) is 15.5. The molecule has 0 fully saturated rings. The zero-order valence-electron chi connectivity index (χ0n) is 11.6. The van der Waals surface area contributed by atoms with Gasteiger partial charge in [-0.2, -0.15) is 0 Å². The third-order valence-corrected chi connectivity index (χ3v) is 4.43. The first-order chi connectivity index (χ1) is 10.9. The van der Waals surface area contributed by atoms with Gasteiger partial charge in [-0.15, -0.1) is 11.3 Å². The average Bonchev–Trinajstić information content (AvgIpc) is 2.88. The third kappa shape index (κ3) is 2.57. The average molecular weight is 340 g/mol. The smallest absolute Gasteiger partial charge is 0.348 e. The van der Waals surface area contributed by atoms with Crippen molar-refractivity contribution in [2.45, 2.75) is 0 Å². The van der Waals surface area contributed by atoms with Gasteiger partial charge in [-0.1, -0.05) is 0 Å². The summed E-state index contributed by atoms with van der Waals surface area (Å²) in [6, 6.07) is 4.73. The van der Waals surface area contributed by atoms with Crippen molar-refractivity contribution in [3.8, 4) is 11.1 Å². The molecule has 0 radical (unpaired) electrons. The quantitative estimate of drug-likeness (QED) is 0.376. The maximum Gasteiger partial charge on any atom is 0.348 e. The number of ether oxygens (including phenoxy) is 1. The van der Waals surface area contributed by atoms with Crippen molar-refractivity contribution in [1.82, 2.24) is 0 Å². The van der Waals surface area contributed by atoms with E-state index in [1.54, 1.807) is 0 Å². The standard InChI is InChI=1S/C16H8F4O2S/c1-22-16(21)15-14(8-3-2-7(17)4-13(8)23-15)9-5-11(19)12(20)6-10(9)18/h2-6H,1H3. The number of hydrogen-bond acceptors (Lipinski definition) is 3. The summed E-state index contributed by atoms with van der Waals surface area (Å²) in [5.74, 6) is -4.92. The van der Waals surface area contributed by atoms with Crippen LogP contribution in [0.3, 0.4) is 0 Å². The Labute approximate surface area is 131 Å². The van der Waals surface area contributed by atoms with Crippen LogP contribution in [0.2, 0.25) is 0 Å². The number of halogens is 4. The van der Waals surface area contributed by atoms with Crippen LogP contribution in [0.25, 0.3) is 21.2 Å².